The summed E-state index contributed by atoms with van der Waals surface area (Å²) in [5, 5.41) is 11.1. The predicted octanol–water partition coefficient (Wildman–Crippen LogP) is 3.46. The van der Waals surface area contributed by atoms with Crippen LogP contribution in [0.25, 0.3) is 11.0 Å². The molecule has 0 atom stereocenters. The van der Waals surface area contributed by atoms with E-state index in [1.807, 2.05) is 36.4 Å². The number of rotatable bonds is 4. The number of furan rings is 1. The van der Waals surface area contributed by atoms with Crippen molar-refractivity contribution < 1.29 is 9.52 Å². The highest BCUT2D eigenvalue weighted by molar-refractivity contribution is 5.77. The van der Waals surface area contributed by atoms with Gasteiger partial charge in [-0.25, -0.2) is 0 Å². The number of nitrogens with zero attached hydrogens (tertiary/aromatic N) is 2. The molecule has 4 rings (SSSR count). The molecule has 1 saturated heterocycles. The fraction of sp³-hybridized carbons (Fsp3) is 0.300. The SMILES string of the molecule is Oc1ccccc1CN1CCN(Cc2cc3ccccc3o2)CC1. The number of hydrogen-bond acceptors (Lipinski definition) is 4. The van der Waals surface area contributed by atoms with Crippen LogP contribution in [0.2, 0.25) is 0 Å². The summed E-state index contributed by atoms with van der Waals surface area (Å²) in [4.78, 5) is 4.82. The molecular weight excluding hydrogens is 300 g/mol. The molecule has 124 valence electrons. The van der Waals surface area contributed by atoms with Crippen molar-refractivity contribution in [3.63, 3.8) is 0 Å². The maximum atomic E-state index is 9.91. The van der Waals surface area contributed by atoms with Crippen LogP contribution in [0, 0.1) is 0 Å². The Morgan fingerprint density at radius 3 is 2.25 bits per heavy atom. The van der Waals surface area contributed by atoms with Gasteiger partial charge in [0.1, 0.15) is 17.1 Å². The molecule has 4 heteroatoms. The van der Waals surface area contributed by atoms with E-state index < -0.39 is 0 Å². The average molecular weight is 322 g/mol. The first kappa shape index (κ1) is 15.2. The van der Waals surface area contributed by atoms with Crippen molar-refractivity contribution >= 4 is 11.0 Å². The number of aromatic hydroxyl groups is 1. The van der Waals surface area contributed by atoms with Gasteiger partial charge in [-0.1, -0.05) is 36.4 Å². The van der Waals surface area contributed by atoms with Gasteiger partial charge in [0.15, 0.2) is 0 Å². The third-order valence-corrected chi connectivity index (χ3v) is 4.71. The maximum absolute atomic E-state index is 9.91. The summed E-state index contributed by atoms with van der Waals surface area (Å²) < 4.78 is 5.92. The van der Waals surface area contributed by atoms with E-state index in [-0.39, 0.29) is 0 Å². The minimum atomic E-state index is 0.391. The van der Waals surface area contributed by atoms with Crippen LogP contribution in [0.15, 0.2) is 59.0 Å². The number of phenolic OH excluding ortho intramolecular Hbond substituents is 1. The van der Waals surface area contributed by atoms with Gasteiger partial charge >= 0.3 is 0 Å². The zero-order chi connectivity index (χ0) is 16.4. The number of para-hydroxylation sites is 2. The lowest BCUT2D eigenvalue weighted by Gasteiger charge is -2.34. The fourth-order valence-electron chi connectivity index (χ4n) is 3.33. The molecule has 1 aliphatic heterocycles. The van der Waals surface area contributed by atoms with Gasteiger partial charge in [-0.15, -0.1) is 0 Å². The molecule has 0 saturated carbocycles. The standard InChI is InChI=1S/C20H22N2O2/c23-19-7-3-1-6-17(19)14-21-9-11-22(12-10-21)15-18-13-16-5-2-4-8-20(16)24-18/h1-8,13,23H,9-12,14-15H2. The summed E-state index contributed by atoms with van der Waals surface area (Å²) in [5.41, 5.74) is 1.97. The summed E-state index contributed by atoms with van der Waals surface area (Å²) in [7, 11) is 0. The van der Waals surface area contributed by atoms with Crippen molar-refractivity contribution in [2.24, 2.45) is 0 Å². The summed E-state index contributed by atoms with van der Waals surface area (Å²) in [5.74, 6) is 1.42. The molecule has 0 spiro atoms. The van der Waals surface area contributed by atoms with Crippen LogP contribution in [0.3, 0.4) is 0 Å². The van der Waals surface area contributed by atoms with E-state index in [0.29, 0.717) is 5.75 Å². The Balaban J connectivity index is 1.33. The van der Waals surface area contributed by atoms with Gasteiger partial charge in [-0.2, -0.15) is 0 Å². The highest BCUT2D eigenvalue weighted by atomic mass is 16.3. The highest BCUT2D eigenvalue weighted by Crippen LogP contribution is 2.22. The second-order valence-corrected chi connectivity index (χ2v) is 6.43. The fourth-order valence-corrected chi connectivity index (χ4v) is 3.33. The maximum Gasteiger partial charge on any atom is 0.134 e. The molecule has 0 bridgehead atoms. The van der Waals surface area contributed by atoms with E-state index in [0.717, 1.165) is 56.2 Å². The molecule has 0 unspecified atom stereocenters. The second-order valence-electron chi connectivity index (χ2n) is 6.43. The Morgan fingerprint density at radius 1 is 0.833 bits per heavy atom. The first-order valence-corrected chi connectivity index (χ1v) is 8.47. The quantitative estimate of drug-likeness (QED) is 0.798. The first-order chi connectivity index (χ1) is 11.8. The van der Waals surface area contributed by atoms with Crippen LogP contribution < -0.4 is 0 Å². The van der Waals surface area contributed by atoms with E-state index in [1.54, 1.807) is 6.07 Å². The van der Waals surface area contributed by atoms with Gasteiger partial charge in [0.2, 0.25) is 0 Å². The summed E-state index contributed by atoms with van der Waals surface area (Å²) in [6, 6.07) is 17.9. The van der Waals surface area contributed by atoms with Crippen molar-refractivity contribution in [3.05, 3.63) is 65.9 Å². The predicted molar refractivity (Wildman–Crippen MR) is 94.9 cm³/mol. The third-order valence-electron chi connectivity index (χ3n) is 4.71. The molecule has 0 amide bonds. The van der Waals surface area contributed by atoms with Crippen molar-refractivity contribution in [2.45, 2.75) is 13.1 Å². The monoisotopic (exact) mass is 322 g/mol. The number of hydrogen-bond donors (Lipinski definition) is 1. The third kappa shape index (κ3) is 3.30. The van der Waals surface area contributed by atoms with Crippen molar-refractivity contribution in [1.29, 1.82) is 0 Å². The number of benzene rings is 2. The smallest absolute Gasteiger partial charge is 0.134 e. The molecule has 1 aromatic heterocycles. The molecule has 2 heterocycles. The van der Waals surface area contributed by atoms with Crippen LogP contribution >= 0.6 is 0 Å². The largest absolute Gasteiger partial charge is 0.508 e. The van der Waals surface area contributed by atoms with Gasteiger partial charge in [0, 0.05) is 43.7 Å². The zero-order valence-electron chi connectivity index (χ0n) is 13.7. The normalized spacial score (nSPS) is 16.7. The molecule has 0 radical (unpaired) electrons. The molecular formula is C20H22N2O2. The Bertz CT molecular complexity index is 786. The van der Waals surface area contributed by atoms with E-state index in [1.165, 1.54) is 5.39 Å². The summed E-state index contributed by atoms with van der Waals surface area (Å²) in [6.45, 7) is 5.72. The second kappa shape index (κ2) is 6.67. The summed E-state index contributed by atoms with van der Waals surface area (Å²) in [6.07, 6.45) is 0. The van der Waals surface area contributed by atoms with Crippen molar-refractivity contribution in [1.82, 2.24) is 9.80 Å². The summed E-state index contributed by atoms with van der Waals surface area (Å²) >= 11 is 0. The Morgan fingerprint density at radius 2 is 1.50 bits per heavy atom. The number of fused-ring (bicyclic) bond motifs is 1. The van der Waals surface area contributed by atoms with Gasteiger partial charge < -0.3 is 9.52 Å². The van der Waals surface area contributed by atoms with E-state index in [2.05, 4.69) is 21.9 Å². The molecule has 1 N–H and O–H groups in total. The number of phenols is 1. The van der Waals surface area contributed by atoms with Crippen LogP contribution in [0.4, 0.5) is 0 Å². The topological polar surface area (TPSA) is 39.9 Å². The molecule has 2 aromatic carbocycles. The van der Waals surface area contributed by atoms with Crippen molar-refractivity contribution in [3.8, 4) is 5.75 Å². The van der Waals surface area contributed by atoms with Crippen LogP contribution in [0.1, 0.15) is 11.3 Å². The van der Waals surface area contributed by atoms with Crippen LogP contribution in [-0.2, 0) is 13.1 Å². The molecule has 24 heavy (non-hydrogen) atoms. The van der Waals surface area contributed by atoms with Gasteiger partial charge in [0.05, 0.1) is 6.54 Å². The molecule has 4 nitrogen and oxygen atoms in total. The van der Waals surface area contributed by atoms with Gasteiger partial charge in [-0.05, 0) is 18.2 Å². The molecule has 0 aliphatic carbocycles. The van der Waals surface area contributed by atoms with Gasteiger partial charge in [0.25, 0.3) is 0 Å². The lowest BCUT2D eigenvalue weighted by atomic mass is 10.1. The van der Waals surface area contributed by atoms with Crippen molar-refractivity contribution in [2.75, 3.05) is 26.2 Å². The minimum Gasteiger partial charge on any atom is -0.508 e. The van der Waals surface area contributed by atoms with E-state index >= 15 is 0 Å². The van der Waals surface area contributed by atoms with Gasteiger partial charge in [-0.3, -0.25) is 9.80 Å². The van der Waals surface area contributed by atoms with Crippen LogP contribution in [-0.4, -0.2) is 41.1 Å². The zero-order valence-corrected chi connectivity index (χ0v) is 13.7. The lowest BCUT2D eigenvalue weighted by Crippen LogP contribution is -2.45. The average Bonchev–Trinajstić information content (AvgIpc) is 3.01. The first-order valence-electron chi connectivity index (χ1n) is 8.47. The highest BCUT2D eigenvalue weighted by Gasteiger charge is 2.19. The molecule has 1 fully saturated rings. The Labute approximate surface area is 141 Å². The lowest BCUT2D eigenvalue weighted by molar-refractivity contribution is 0.116. The van der Waals surface area contributed by atoms with Crippen LogP contribution in [0.5, 0.6) is 5.75 Å². The Kier molecular flexibility index (Phi) is 4.24. The van der Waals surface area contributed by atoms with E-state index in [4.69, 9.17) is 4.42 Å². The minimum absolute atomic E-state index is 0.391. The molecule has 1 aliphatic rings. The number of piperazine rings is 1. The molecule has 3 aromatic rings. The van der Waals surface area contributed by atoms with E-state index in [9.17, 15) is 5.11 Å². The Hall–Kier alpha value is -2.30.